The quantitative estimate of drug-likeness (QED) is 0.251. The van der Waals surface area contributed by atoms with Crippen LogP contribution in [-0.2, 0) is 17.9 Å². The first-order chi connectivity index (χ1) is 14.9. The number of aromatic nitrogens is 2. The summed E-state index contributed by atoms with van der Waals surface area (Å²) in [5.74, 6) is 1.73. The van der Waals surface area contributed by atoms with E-state index in [-0.39, 0.29) is 10.3 Å². The van der Waals surface area contributed by atoms with Gasteiger partial charge in [0.05, 0.1) is 11.1 Å². The van der Waals surface area contributed by atoms with Crippen LogP contribution in [0.4, 0.5) is 0 Å². The molecule has 3 nitrogen and oxygen atoms in total. The molecule has 0 aliphatic carbocycles. The highest BCUT2D eigenvalue weighted by Gasteiger charge is 2.31. The van der Waals surface area contributed by atoms with Gasteiger partial charge >= 0.3 is 0 Å². The molecule has 0 saturated carbocycles. The predicted octanol–water partition coefficient (Wildman–Crippen LogP) is 6.62. The number of benzene rings is 2. The maximum atomic E-state index is 13.9. The topological polar surface area (TPSA) is 34.9 Å². The van der Waals surface area contributed by atoms with Crippen LogP contribution in [0.25, 0.3) is 15.9 Å². The first-order valence-electron chi connectivity index (χ1n) is 10.4. The normalized spacial score (nSPS) is 15.2. The summed E-state index contributed by atoms with van der Waals surface area (Å²) >= 11 is 5.29. The molecule has 0 unspecified atom stereocenters. The Morgan fingerprint density at radius 2 is 1.84 bits per heavy atom. The third-order valence-electron chi connectivity index (χ3n) is 5.58. The smallest absolute Gasteiger partial charge is 0.267 e. The van der Waals surface area contributed by atoms with Crippen molar-refractivity contribution in [1.82, 2.24) is 9.55 Å². The van der Waals surface area contributed by atoms with Crippen LogP contribution in [0, 0.1) is 6.92 Å². The van der Waals surface area contributed by atoms with Crippen molar-refractivity contribution >= 4 is 45.1 Å². The largest absolute Gasteiger partial charge is 0.268 e. The Labute approximate surface area is 194 Å². The van der Waals surface area contributed by atoms with E-state index in [0.717, 1.165) is 39.0 Å². The number of thioether (sulfide) groups is 2. The minimum atomic E-state index is 0.0598. The van der Waals surface area contributed by atoms with E-state index >= 15 is 0 Å². The summed E-state index contributed by atoms with van der Waals surface area (Å²) in [5, 5.41) is 1.58. The van der Waals surface area contributed by atoms with Crippen molar-refractivity contribution < 1.29 is 0 Å². The van der Waals surface area contributed by atoms with E-state index in [2.05, 4.69) is 45.0 Å². The van der Waals surface area contributed by atoms with Crippen molar-refractivity contribution in [3.63, 3.8) is 0 Å². The van der Waals surface area contributed by atoms with Gasteiger partial charge in [0.25, 0.3) is 5.56 Å². The van der Waals surface area contributed by atoms with Gasteiger partial charge in [-0.3, -0.25) is 9.36 Å². The predicted molar refractivity (Wildman–Crippen MR) is 135 cm³/mol. The Kier molecular flexibility index (Phi) is 5.49. The molecule has 31 heavy (non-hydrogen) atoms. The van der Waals surface area contributed by atoms with Crippen LogP contribution in [0.5, 0.6) is 0 Å². The molecule has 0 saturated heterocycles. The molecule has 158 valence electrons. The van der Waals surface area contributed by atoms with Crippen molar-refractivity contribution in [2.45, 2.75) is 48.6 Å². The van der Waals surface area contributed by atoms with Crippen LogP contribution in [0.1, 0.15) is 35.4 Å². The summed E-state index contributed by atoms with van der Waals surface area (Å²) in [6.07, 6.45) is 0.911. The Hall–Kier alpha value is -2.02. The third-order valence-corrected chi connectivity index (χ3v) is 9.25. The zero-order chi connectivity index (χ0) is 21.6. The van der Waals surface area contributed by atoms with Gasteiger partial charge in [0.2, 0.25) is 0 Å². The van der Waals surface area contributed by atoms with Crippen molar-refractivity contribution in [2.24, 2.45) is 0 Å². The summed E-state index contributed by atoms with van der Waals surface area (Å²) in [6.45, 7) is 6.59. The zero-order valence-electron chi connectivity index (χ0n) is 17.8. The van der Waals surface area contributed by atoms with Gasteiger partial charge in [0.15, 0.2) is 5.16 Å². The van der Waals surface area contributed by atoms with E-state index < -0.39 is 0 Å². The lowest BCUT2D eigenvalue weighted by Crippen LogP contribution is -2.26. The van der Waals surface area contributed by atoms with Crippen molar-refractivity contribution in [2.75, 3.05) is 0 Å². The van der Waals surface area contributed by atoms with Crippen LogP contribution in [0.3, 0.4) is 0 Å². The number of nitrogens with zero attached hydrogens (tertiary/aromatic N) is 2. The molecule has 0 atom stereocenters. The van der Waals surface area contributed by atoms with Crippen LogP contribution in [0.15, 0.2) is 64.5 Å². The third kappa shape index (κ3) is 4.09. The van der Waals surface area contributed by atoms with E-state index in [1.807, 2.05) is 46.7 Å². The molecule has 0 radical (unpaired) electrons. The Morgan fingerprint density at radius 3 is 2.58 bits per heavy atom. The number of hydrogen-bond acceptors (Lipinski definition) is 5. The van der Waals surface area contributed by atoms with E-state index in [1.165, 1.54) is 21.6 Å². The van der Waals surface area contributed by atoms with E-state index in [0.29, 0.717) is 0 Å². The summed E-state index contributed by atoms with van der Waals surface area (Å²) in [4.78, 5) is 21.1. The molecule has 2 aromatic heterocycles. The molecule has 1 aliphatic heterocycles. The van der Waals surface area contributed by atoms with Gasteiger partial charge in [-0.05, 0) is 36.6 Å². The summed E-state index contributed by atoms with van der Waals surface area (Å²) < 4.78 is 1.96. The number of fused-ring (bicyclic) bond motifs is 3. The minimum absolute atomic E-state index is 0.0598. The maximum absolute atomic E-state index is 13.9. The average Bonchev–Trinajstić information content (AvgIpc) is 3.10. The molecule has 4 aromatic rings. The molecule has 3 heterocycles. The molecule has 1 aliphatic rings. The second kappa shape index (κ2) is 8.15. The minimum Gasteiger partial charge on any atom is -0.268 e. The molecule has 0 bridgehead atoms. The second-order valence-corrected chi connectivity index (χ2v) is 12.3. The lowest BCUT2D eigenvalue weighted by Gasteiger charge is -2.28. The Morgan fingerprint density at radius 1 is 1.10 bits per heavy atom. The van der Waals surface area contributed by atoms with Crippen LogP contribution >= 0.6 is 34.9 Å². The van der Waals surface area contributed by atoms with Crippen LogP contribution in [-0.4, -0.2) is 14.3 Å². The maximum Gasteiger partial charge on any atom is 0.267 e. The summed E-state index contributed by atoms with van der Waals surface area (Å²) in [7, 11) is 0. The fourth-order valence-corrected chi connectivity index (χ4v) is 7.26. The van der Waals surface area contributed by atoms with Gasteiger partial charge < -0.3 is 0 Å². The lowest BCUT2D eigenvalue weighted by molar-refractivity contribution is 0.698. The van der Waals surface area contributed by atoms with Gasteiger partial charge in [0.1, 0.15) is 4.83 Å². The number of rotatable bonds is 4. The van der Waals surface area contributed by atoms with Gasteiger partial charge in [0, 0.05) is 21.1 Å². The number of thiophene rings is 1. The highest BCUT2D eigenvalue weighted by atomic mass is 32.2. The highest BCUT2D eigenvalue weighted by molar-refractivity contribution is 8.00. The van der Waals surface area contributed by atoms with Gasteiger partial charge in [-0.1, -0.05) is 73.6 Å². The summed E-state index contributed by atoms with van der Waals surface area (Å²) in [6, 6.07) is 18.5. The molecule has 0 spiro atoms. The summed E-state index contributed by atoms with van der Waals surface area (Å²) in [5.41, 5.74) is 4.55. The highest BCUT2D eigenvalue weighted by Crippen LogP contribution is 2.44. The van der Waals surface area contributed by atoms with Crippen LogP contribution < -0.4 is 5.56 Å². The molecule has 0 amide bonds. The zero-order valence-corrected chi connectivity index (χ0v) is 20.3. The monoisotopic (exact) mass is 464 g/mol. The number of aryl methyl sites for hydroxylation is 1. The van der Waals surface area contributed by atoms with Crippen molar-refractivity contribution in [3.05, 3.63) is 86.5 Å². The van der Waals surface area contributed by atoms with E-state index in [9.17, 15) is 4.79 Å². The molecule has 6 heteroatoms. The SMILES string of the molecule is Cc1ccc(-n2c(SCc3ccccc3)nc3sc4c(c3c2=O)CC(C)(C)SC4)cc1. The molecule has 0 N–H and O–H groups in total. The van der Waals surface area contributed by atoms with Crippen LogP contribution in [0.2, 0.25) is 0 Å². The fraction of sp³-hybridized carbons (Fsp3) is 0.280. The fourth-order valence-electron chi connectivity index (χ4n) is 3.91. The lowest BCUT2D eigenvalue weighted by atomic mass is 10.00. The first-order valence-corrected chi connectivity index (χ1v) is 13.1. The molecule has 0 fully saturated rings. The first kappa shape index (κ1) is 20.9. The average molecular weight is 465 g/mol. The number of hydrogen-bond donors (Lipinski definition) is 0. The Balaban J connectivity index is 1.68. The Bertz CT molecular complexity index is 1300. The van der Waals surface area contributed by atoms with E-state index in [1.54, 1.807) is 23.1 Å². The van der Waals surface area contributed by atoms with Gasteiger partial charge in [-0.2, -0.15) is 0 Å². The van der Waals surface area contributed by atoms with Crippen molar-refractivity contribution in [1.29, 1.82) is 0 Å². The molecular formula is C25H24N2OS3. The van der Waals surface area contributed by atoms with Crippen molar-refractivity contribution in [3.8, 4) is 5.69 Å². The standard InChI is InChI=1S/C25H24N2OS3/c1-16-9-11-18(12-10-16)27-23(28)21-19-13-25(2,3)30-15-20(19)31-22(21)26-24(27)29-14-17-7-5-4-6-8-17/h4-12H,13-15H2,1-3H3. The molecular weight excluding hydrogens is 440 g/mol. The molecule has 2 aromatic carbocycles. The van der Waals surface area contributed by atoms with E-state index in [4.69, 9.17) is 4.98 Å². The molecule has 5 rings (SSSR count). The second-order valence-electron chi connectivity index (χ2n) is 8.55. The van der Waals surface area contributed by atoms with Gasteiger partial charge in [-0.25, -0.2) is 4.98 Å². The van der Waals surface area contributed by atoms with Gasteiger partial charge in [-0.15, -0.1) is 23.1 Å².